The van der Waals surface area contributed by atoms with Crippen LogP contribution in [0.5, 0.6) is 0 Å². The van der Waals surface area contributed by atoms with E-state index in [1.807, 2.05) is 0 Å². The molecule has 0 N–H and O–H groups in total. The van der Waals surface area contributed by atoms with Crippen molar-refractivity contribution in [3.63, 3.8) is 0 Å². The van der Waals surface area contributed by atoms with E-state index in [0.717, 1.165) is 19.4 Å². The van der Waals surface area contributed by atoms with Gasteiger partial charge in [-0.3, -0.25) is 0 Å². The van der Waals surface area contributed by atoms with Crippen molar-refractivity contribution < 1.29 is 4.74 Å². The van der Waals surface area contributed by atoms with Crippen LogP contribution in [0.1, 0.15) is 39.0 Å². The van der Waals surface area contributed by atoms with E-state index in [9.17, 15) is 0 Å². The predicted octanol–water partition coefficient (Wildman–Crippen LogP) is 2.50. The average molecular weight is 167 g/mol. The van der Waals surface area contributed by atoms with E-state index < -0.39 is 0 Å². The molecule has 1 rings (SSSR count). The van der Waals surface area contributed by atoms with Crippen LogP contribution < -0.4 is 0 Å². The lowest BCUT2D eigenvalue weighted by atomic mass is 9.80. The fraction of sp³-hybridized carbons (Fsp3) is 0.900. The lowest BCUT2D eigenvalue weighted by molar-refractivity contribution is -0.0299. The number of nitriles is 1. The van der Waals surface area contributed by atoms with Gasteiger partial charge in [-0.25, -0.2) is 0 Å². The van der Waals surface area contributed by atoms with Gasteiger partial charge in [0.1, 0.15) is 0 Å². The molecule has 1 aliphatic carbocycles. The smallest absolute Gasteiger partial charge is 0.0624 e. The van der Waals surface area contributed by atoms with Gasteiger partial charge in [-0.05, 0) is 25.2 Å². The fourth-order valence-corrected chi connectivity index (χ4v) is 1.50. The maximum absolute atomic E-state index is 8.41. The van der Waals surface area contributed by atoms with Gasteiger partial charge < -0.3 is 4.74 Å². The summed E-state index contributed by atoms with van der Waals surface area (Å²) in [5.41, 5.74) is 0. The lowest BCUT2D eigenvalue weighted by Gasteiger charge is -2.33. The summed E-state index contributed by atoms with van der Waals surface area (Å²) in [5, 5.41) is 8.41. The Labute approximate surface area is 74.5 Å². The maximum atomic E-state index is 8.41. The Morgan fingerprint density at radius 2 is 2.25 bits per heavy atom. The lowest BCUT2D eigenvalue weighted by Crippen LogP contribution is -2.31. The predicted molar refractivity (Wildman–Crippen MR) is 47.6 cm³/mol. The average Bonchev–Trinajstić information content (AvgIpc) is 2.00. The number of hydrogen-bond acceptors (Lipinski definition) is 2. The molecule has 1 aliphatic rings. The van der Waals surface area contributed by atoms with E-state index in [1.165, 1.54) is 12.8 Å². The first-order valence-electron chi connectivity index (χ1n) is 4.85. The second-order valence-corrected chi connectivity index (χ2v) is 3.55. The van der Waals surface area contributed by atoms with Gasteiger partial charge in [0.25, 0.3) is 0 Å². The first kappa shape index (κ1) is 9.54. The molecule has 0 atom stereocenters. The topological polar surface area (TPSA) is 33.0 Å². The number of hydrogen-bond donors (Lipinski definition) is 0. The van der Waals surface area contributed by atoms with Crippen LogP contribution in [0.2, 0.25) is 0 Å². The Hall–Kier alpha value is -0.550. The van der Waals surface area contributed by atoms with E-state index in [2.05, 4.69) is 13.0 Å². The normalized spacial score (nSPS) is 27.7. The molecule has 2 nitrogen and oxygen atoms in total. The summed E-state index contributed by atoms with van der Waals surface area (Å²) < 4.78 is 5.59. The molecule has 0 aromatic carbocycles. The van der Waals surface area contributed by atoms with E-state index in [4.69, 9.17) is 10.00 Å². The van der Waals surface area contributed by atoms with E-state index in [0.29, 0.717) is 18.4 Å². The Morgan fingerprint density at radius 1 is 1.50 bits per heavy atom. The van der Waals surface area contributed by atoms with Gasteiger partial charge >= 0.3 is 0 Å². The highest BCUT2D eigenvalue weighted by molar-refractivity contribution is 4.87. The molecule has 0 aromatic rings. The van der Waals surface area contributed by atoms with Crippen molar-refractivity contribution in [3.8, 4) is 6.07 Å². The molecule has 12 heavy (non-hydrogen) atoms. The Balaban J connectivity index is 1.92. The molecule has 0 saturated heterocycles. The minimum atomic E-state index is 0.467. The second-order valence-electron chi connectivity index (χ2n) is 3.55. The number of rotatable bonds is 5. The van der Waals surface area contributed by atoms with Crippen LogP contribution in [-0.4, -0.2) is 12.7 Å². The summed E-state index contributed by atoms with van der Waals surface area (Å²) in [4.78, 5) is 0. The third-order valence-electron chi connectivity index (χ3n) is 2.42. The molecule has 0 spiro atoms. The number of ether oxygens (including phenoxy) is 1. The van der Waals surface area contributed by atoms with Crippen molar-refractivity contribution in [3.05, 3.63) is 0 Å². The van der Waals surface area contributed by atoms with Crippen molar-refractivity contribution in [1.82, 2.24) is 0 Å². The third-order valence-corrected chi connectivity index (χ3v) is 2.42. The van der Waals surface area contributed by atoms with Crippen molar-refractivity contribution in [2.24, 2.45) is 5.92 Å². The molecule has 0 aliphatic heterocycles. The summed E-state index contributed by atoms with van der Waals surface area (Å²) in [6.07, 6.45) is 5.77. The maximum Gasteiger partial charge on any atom is 0.0624 e. The van der Waals surface area contributed by atoms with Crippen LogP contribution in [0.15, 0.2) is 0 Å². The Kier molecular flexibility index (Phi) is 4.10. The molecule has 0 unspecified atom stereocenters. The second kappa shape index (κ2) is 5.16. The van der Waals surface area contributed by atoms with Crippen LogP contribution in [0.3, 0.4) is 0 Å². The summed E-state index contributed by atoms with van der Waals surface area (Å²) in [7, 11) is 0. The van der Waals surface area contributed by atoms with E-state index in [1.54, 1.807) is 0 Å². The van der Waals surface area contributed by atoms with Crippen LogP contribution >= 0.6 is 0 Å². The Morgan fingerprint density at radius 3 is 2.83 bits per heavy atom. The third kappa shape index (κ3) is 2.83. The van der Waals surface area contributed by atoms with E-state index >= 15 is 0 Å². The molecule has 1 saturated carbocycles. The first-order valence-corrected chi connectivity index (χ1v) is 4.85. The monoisotopic (exact) mass is 167 g/mol. The van der Waals surface area contributed by atoms with Gasteiger partial charge in [0.2, 0.25) is 0 Å². The highest BCUT2D eigenvalue weighted by Crippen LogP contribution is 2.32. The molecule has 2 heteroatoms. The molecule has 0 radical (unpaired) electrons. The fourth-order valence-electron chi connectivity index (χ4n) is 1.50. The molecule has 68 valence electrons. The van der Waals surface area contributed by atoms with Gasteiger partial charge in [-0.1, -0.05) is 13.3 Å². The summed E-state index contributed by atoms with van der Waals surface area (Å²) >= 11 is 0. The van der Waals surface area contributed by atoms with Crippen molar-refractivity contribution in [1.29, 1.82) is 5.26 Å². The van der Waals surface area contributed by atoms with Crippen LogP contribution in [-0.2, 0) is 4.74 Å². The molecular weight excluding hydrogens is 150 g/mol. The minimum absolute atomic E-state index is 0.467. The Bertz CT molecular complexity index is 156. The van der Waals surface area contributed by atoms with Crippen molar-refractivity contribution >= 4 is 0 Å². The largest absolute Gasteiger partial charge is 0.378 e. The highest BCUT2D eigenvalue weighted by Gasteiger charge is 2.28. The van der Waals surface area contributed by atoms with Crippen molar-refractivity contribution in [2.45, 2.75) is 45.1 Å². The van der Waals surface area contributed by atoms with Crippen LogP contribution in [0.25, 0.3) is 0 Å². The molecule has 0 amide bonds. The van der Waals surface area contributed by atoms with Gasteiger partial charge in [0.15, 0.2) is 0 Å². The molecular formula is C10H17NO. The SMILES string of the molecule is CCCCOC1CC(CC#N)C1. The molecule has 0 aromatic heterocycles. The number of unbranched alkanes of at least 4 members (excludes halogenated alkanes) is 1. The summed E-state index contributed by atoms with van der Waals surface area (Å²) in [6.45, 7) is 3.07. The standard InChI is InChI=1S/C10H17NO/c1-2-3-6-12-10-7-9(8-10)4-5-11/h9-10H,2-4,6-8H2,1H3. The van der Waals surface area contributed by atoms with E-state index in [-0.39, 0.29) is 0 Å². The summed E-state index contributed by atoms with van der Waals surface area (Å²) in [5.74, 6) is 0.627. The number of nitrogens with zero attached hydrogens (tertiary/aromatic N) is 1. The van der Waals surface area contributed by atoms with Gasteiger partial charge in [-0.15, -0.1) is 0 Å². The van der Waals surface area contributed by atoms with Gasteiger partial charge in [-0.2, -0.15) is 5.26 Å². The van der Waals surface area contributed by atoms with Crippen LogP contribution in [0, 0.1) is 17.2 Å². The molecule has 0 bridgehead atoms. The highest BCUT2D eigenvalue weighted by atomic mass is 16.5. The van der Waals surface area contributed by atoms with Crippen molar-refractivity contribution in [2.75, 3.05) is 6.61 Å². The zero-order chi connectivity index (χ0) is 8.81. The molecule has 1 fully saturated rings. The van der Waals surface area contributed by atoms with Crippen LogP contribution in [0.4, 0.5) is 0 Å². The zero-order valence-electron chi connectivity index (χ0n) is 7.75. The van der Waals surface area contributed by atoms with Gasteiger partial charge in [0, 0.05) is 13.0 Å². The molecule has 0 heterocycles. The van der Waals surface area contributed by atoms with Gasteiger partial charge in [0.05, 0.1) is 12.2 Å². The minimum Gasteiger partial charge on any atom is -0.378 e. The first-order chi connectivity index (χ1) is 5.86. The summed E-state index contributed by atoms with van der Waals surface area (Å²) in [6, 6.07) is 2.20. The quantitative estimate of drug-likeness (QED) is 0.589. The zero-order valence-corrected chi connectivity index (χ0v) is 7.75.